The molecule has 0 spiro atoms. The van der Waals surface area contributed by atoms with Gasteiger partial charge in [0.1, 0.15) is 12.1 Å². The molecule has 3 heterocycles. The molecular weight excluding hydrogens is 541 g/mol. The van der Waals surface area contributed by atoms with Crippen LogP contribution in [0.5, 0.6) is 0 Å². The van der Waals surface area contributed by atoms with Crippen molar-refractivity contribution < 1.29 is 4.79 Å². The zero-order valence-electron chi connectivity index (χ0n) is 20.2. The van der Waals surface area contributed by atoms with E-state index in [-0.39, 0.29) is 5.91 Å². The smallest absolute Gasteiger partial charge is 0.255 e. The van der Waals surface area contributed by atoms with Crippen molar-refractivity contribution >= 4 is 57.6 Å². The summed E-state index contributed by atoms with van der Waals surface area (Å²) in [5.41, 5.74) is 4.27. The van der Waals surface area contributed by atoms with Gasteiger partial charge in [0.15, 0.2) is 5.65 Å². The van der Waals surface area contributed by atoms with Gasteiger partial charge in [-0.05, 0) is 42.0 Å². The molecular formula is C29H22Cl3N5O. The van der Waals surface area contributed by atoms with Crippen LogP contribution in [0.15, 0.2) is 85.3 Å². The fraction of sp³-hybridized carbons (Fsp3) is 0.138. The van der Waals surface area contributed by atoms with Crippen molar-refractivity contribution in [3.63, 3.8) is 0 Å². The quantitative estimate of drug-likeness (QED) is 0.236. The molecule has 6 nitrogen and oxygen atoms in total. The fourth-order valence-corrected chi connectivity index (χ4v) is 5.57. The minimum atomic E-state index is -0.101. The van der Waals surface area contributed by atoms with Crippen molar-refractivity contribution in [2.75, 3.05) is 31.1 Å². The molecule has 190 valence electrons. The van der Waals surface area contributed by atoms with Gasteiger partial charge in [-0.15, -0.1) is 0 Å². The maximum atomic E-state index is 13.2. The number of carbonyl (C=O) groups is 1. The minimum Gasteiger partial charge on any atom is -0.352 e. The first-order valence-electron chi connectivity index (χ1n) is 12.2. The number of aromatic nitrogens is 3. The molecule has 1 aliphatic heterocycles. The van der Waals surface area contributed by atoms with Crippen molar-refractivity contribution in [1.29, 1.82) is 0 Å². The minimum absolute atomic E-state index is 0.101. The summed E-state index contributed by atoms with van der Waals surface area (Å²) in [5.74, 6) is 0.738. The molecule has 0 aliphatic carbocycles. The highest BCUT2D eigenvalue weighted by atomic mass is 35.5. The first kappa shape index (κ1) is 24.7. The number of amides is 1. The van der Waals surface area contributed by atoms with Gasteiger partial charge >= 0.3 is 0 Å². The highest BCUT2D eigenvalue weighted by molar-refractivity contribution is 6.36. The number of hydrogen-bond donors (Lipinski definition) is 0. The number of anilines is 1. The largest absolute Gasteiger partial charge is 0.352 e. The SMILES string of the molecule is O=C(c1ccc(Cl)cc1Cl)N1CCN(c2ncnc3c2c(-c2ccccc2)cn3-c2cccc(Cl)c2)CC1. The van der Waals surface area contributed by atoms with Gasteiger partial charge in [-0.1, -0.05) is 71.2 Å². The number of piperazine rings is 1. The molecule has 6 rings (SSSR count). The van der Waals surface area contributed by atoms with E-state index in [9.17, 15) is 4.79 Å². The van der Waals surface area contributed by atoms with Gasteiger partial charge < -0.3 is 14.4 Å². The maximum absolute atomic E-state index is 13.2. The van der Waals surface area contributed by atoms with Crippen molar-refractivity contribution in [3.8, 4) is 16.8 Å². The average Bonchev–Trinajstić information content (AvgIpc) is 3.33. The van der Waals surface area contributed by atoms with Gasteiger partial charge in [-0.25, -0.2) is 9.97 Å². The van der Waals surface area contributed by atoms with Crippen LogP contribution >= 0.6 is 34.8 Å². The van der Waals surface area contributed by atoms with E-state index < -0.39 is 0 Å². The van der Waals surface area contributed by atoms with Gasteiger partial charge in [0.25, 0.3) is 5.91 Å². The molecule has 0 bridgehead atoms. The number of nitrogens with zero attached hydrogens (tertiary/aromatic N) is 5. The number of carbonyl (C=O) groups excluding carboxylic acids is 1. The van der Waals surface area contributed by atoms with Crippen LogP contribution in [0.25, 0.3) is 27.8 Å². The third-order valence-electron chi connectivity index (χ3n) is 6.76. The molecule has 0 atom stereocenters. The normalized spacial score (nSPS) is 13.8. The summed E-state index contributed by atoms with van der Waals surface area (Å²) < 4.78 is 2.05. The Morgan fingerprint density at radius 2 is 1.55 bits per heavy atom. The Kier molecular flexibility index (Phi) is 6.70. The first-order chi connectivity index (χ1) is 18.5. The van der Waals surface area contributed by atoms with Crippen molar-refractivity contribution in [2.24, 2.45) is 0 Å². The summed E-state index contributed by atoms with van der Waals surface area (Å²) in [6.45, 7) is 2.33. The lowest BCUT2D eigenvalue weighted by Gasteiger charge is -2.36. The van der Waals surface area contributed by atoms with Crippen LogP contribution in [-0.4, -0.2) is 51.5 Å². The van der Waals surface area contributed by atoms with Gasteiger partial charge in [0.2, 0.25) is 0 Å². The third kappa shape index (κ3) is 4.60. The molecule has 38 heavy (non-hydrogen) atoms. The van der Waals surface area contributed by atoms with Gasteiger partial charge in [0, 0.05) is 53.7 Å². The van der Waals surface area contributed by atoms with Gasteiger partial charge in [0.05, 0.1) is 16.0 Å². The predicted molar refractivity (Wildman–Crippen MR) is 154 cm³/mol. The molecule has 5 aromatic rings. The first-order valence-corrected chi connectivity index (χ1v) is 13.3. The second-order valence-electron chi connectivity index (χ2n) is 9.06. The Bertz CT molecular complexity index is 1650. The molecule has 0 N–H and O–H groups in total. The monoisotopic (exact) mass is 561 g/mol. The summed E-state index contributed by atoms with van der Waals surface area (Å²) in [5, 5.41) is 2.47. The number of rotatable bonds is 4. The van der Waals surface area contributed by atoms with Crippen molar-refractivity contribution in [2.45, 2.75) is 0 Å². The number of hydrogen-bond acceptors (Lipinski definition) is 4. The van der Waals surface area contributed by atoms with Crippen LogP contribution in [0.1, 0.15) is 10.4 Å². The van der Waals surface area contributed by atoms with E-state index in [1.54, 1.807) is 24.5 Å². The number of halogens is 3. The Morgan fingerprint density at radius 1 is 0.789 bits per heavy atom. The maximum Gasteiger partial charge on any atom is 0.255 e. The Morgan fingerprint density at radius 3 is 2.29 bits per heavy atom. The molecule has 1 aliphatic rings. The van der Waals surface area contributed by atoms with E-state index in [0.29, 0.717) is 46.8 Å². The van der Waals surface area contributed by atoms with E-state index in [2.05, 4.69) is 32.8 Å². The molecule has 3 aromatic carbocycles. The fourth-order valence-electron chi connectivity index (χ4n) is 4.90. The molecule has 2 aromatic heterocycles. The Labute approximate surface area is 235 Å². The van der Waals surface area contributed by atoms with Crippen LogP contribution in [0.3, 0.4) is 0 Å². The topological polar surface area (TPSA) is 54.3 Å². The van der Waals surface area contributed by atoms with Crippen LogP contribution in [0.2, 0.25) is 15.1 Å². The lowest BCUT2D eigenvalue weighted by Crippen LogP contribution is -2.49. The lowest BCUT2D eigenvalue weighted by atomic mass is 10.1. The van der Waals surface area contributed by atoms with Crippen molar-refractivity contribution in [1.82, 2.24) is 19.4 Å². The van der Waals surface area contributed by atoms with E-state index in [4.69, 9.17) is 39.8 Å². The Hall–Kier alpha value is -3.58. The van der Waals surface area contributed by atoms with Crippen LogP contribution in [0, 0.1) is 0 Å². The van der Waals surface area contributed by atoms with Crippen LogP contribution < -0.4 is 4.90 Å². The summed E-state index contributed by atoms with van der Waals surface area (Å²) in [4.78, 5) is 26.6. The summed E-state index contributed by atoms with van der Waals surface area (Å²) in [6, 6.07) is 22.9. The molecule has 9 heteroatoms. The highest BCUT2D eigenvalue weighted by Crippen LogP contribution is 2.37. The number of fused-ring (bicyclic) bond motifs is 1. The predicted octanol–water partition coefficient (Wildman–Crippen LogP) is 7.01. The molecule has 1 saturated heterocycles. The average molecular weight is 563 g/mol. The zero-order valence-corrected chi connectivity index (χ0v) is 22.5. The van der Waals surface area contributed by atoms with Gasteiger partial charge in [-0.2, -0.15) is 0 Å². The molecule has 0 saturated carbocycles. The summed E-state index contributed by atoms with van der Waals surface area (Å²) >= 11 is 18.6. The summed E-state index contributed by atoms with van der Waals surface area (Å²) in [6.07, 6.45) is 3.69. The Balaban J connectivity index is 1.37. The van der Waals surface area contributed by atoms with Gasteiger partial charge in [-0.3, -0.25) is 4.79 Å². The second-order valence-corrected chi connectivity index (χ2v) is 10.3. The van der Waals surface area contributed by atoms with Crippen molar-refractivity contribution in [3.05, 3.63) is 106 Å². The van der Waals surface area contributed by atoms with Crippen LogP contribution in [-0.2, 0) is 0 Å². The summed E-state index contributed by atoms with van der Waals surface area (Å²) in [7, 11) is 0. The van der Waals surface area contributed by atoms with E-state index in [1.165, 1.54) is 0 Å². The third-order valence-corrected chi connectivity index (χ3v) is 7.55. The standard InChI is InChI=1S/C29H22Cl3N5O/c30-20-7-4-8-22(15-20)37-17-24(19-5-2-1-3-6-19)26-27(33-18-34-28(26)37)35-11-13-36(14-12-35)29(38)23-10-9-21(31)16-25(23)32/h1-10,15-18H,11-14H2. The van der Waals surface area contributed by atoms with Crippen LogP contribution in [0.4, 0.5) is 5.82 Å². The molecule has 1 fully saturated rings. The van der Waals surface area contributed by atoms with E-state index >= 15 is 0 Å². The molecule has 0 unspecified atom stereocenters. The molecule has 0 radical (unpaired) electrons. The molecule has 1 amide bonds. The number of benzene rings is 3. The van der Waals surface area contributed by atoms with E-state index in [1.807, 2.05) is 47.4 Å². The van der Waals surface area contributed by atoms with E-state index in [0.717, 1.165) is 33.7 Å². The second kappa shape index (κ2) is 10.3. The lowest BCUT2D eigenvalue weighted by molar-refractivity contribution is 0.0747. The highest BCUT2D eigenvalue weighted by Gasteiger charge is 2.27. The zero-order chi connectivity index (χ0) is 26.2.